The first-order valence-corrected chi connectivity index (χ1v) is 6.00. The lowest BCUT2D eigenvalue weighted by Crippen LogP contribution is -2.31. The van der Waals surface area contributed by atoms with Crippen LogP contribution in [0.2, 0.25) is 0 Å². The molecule has 5 heteroatoms. The summed E-state index contributed by atoms with van der Waals surface area (Å²) in [6, 6.07) is 0.543. The topological polar surface area (TPSA) is 61.0 Å². The van der Waals surface area contributed by atoms with Crippen molar-refractivity contribution in [1.82, 2.24) is 20.4 Å². The monoisotopic (exact) mass is 238 g/mol. The summed E-state index contributed by atoms with van der Waals surface area (Å²) in [6.45, 7) is 7.85. The van der Waals surface area contributed by atoms with Crippen LogP contribution in [0, 0.1) is 6.92 Å². The Bertz CT molecular complexity index is 359. The van der Waals surface area contributed by atoms with Crippen LogP contribution >= 0.6 is 0 Å². The Morgan fingerprint density at radius 2 is 2.29 bits per heavy atom. The lowest BCUT2D eigenvalue weighted by molar-refractivity contribution is 0.0951. The van der Waals surface area contributed by atoms with Crippen LogP contribution in [0.1, 0.15) is 36.3 Å². The number of aromatic nitrogens is 2. The van der Waals surface area contributed by atoms with Crippen molar-refractivity contribution in [1.29, 1.82) is 0 Å². The predicted molar refractivity (Wildman–Crippen MR) is 68.0 cm³/mol. The SMILES string of the molecule is Cc1[nH]ncc1C(=O)NCCCN(C)C(C)C. The third-order valence-electron chi connectivity index (χ3n) is 2.93. The van der Waals surface area contributed by atoms with E-state index in [9.17, 15) is 4.79 Å². The van der Waals surface area contributed by atoms with Gasteiger partial charge in [-0.25, -0.2) is 0 Å². The van der Waals surface area contributed by atoms with Crippen LogP contribution in [0.25, 0.3) is 0 Å². The highest BCUT2D eigenvalue weighted by molar-refractivity contribution is 5.94. The number of carbonyl (C=O) groups excluding carboxylic acids is 1. The minimum Gasteiger partial charge on any atom is -0.352 e. The van der Waals surface area contributed by atoms with Crippen molar-refractivity contribution in [2.24, 2.45) is 0 Å². The quantitative estimate of drug-likeness (QED) is 0.732. The molecule has 5 nitrogen and oxygen atoms in total. The van der Waals surface area contributed by atoms with Gasteiger partial charge in [0.15, 0.2) is 0 Å². The zero-order chi connectivity index (χ0) is 12.8. The minimum atomic E-state index is -0.0524. The van der Waals surface area contributed by atoms with E-state index in [4.69, 9.17) is 0 Å². The maximum absolute atomic E-state index is 11.7. The number of aromatic amines is 1. The molecule has 0 aliphatic carbocycles. The van der Waals surface area contributed by atoms with Gasteiger partial charge in [-0.15, -0.1) is 0 Å². The van der Waals surface area contributed by atoms with Gasteiger partial charge in [0, 0.05) is 18.3 Å². The second kappa shape index (κ2) is 6.39. The Balaban J connectivity index is 2.24. The first kappa shape index (κ1) is 13.7. The molecular weight excluding hydrogens is 216 g/mol. The summed E-state index contributed by atoms with van der Waals surface area (Å²) < 4.78 is 0. The number of hydrogen-bond acceptors (Lipinski definition) is 3. The fourth-order valence-corrected chi connectivity index (χ4v) is 1.46. The van der Waals surface area contributed by atoms with Gasteiger partial charge in [-0.05, 0) is 40.8 Å². The Morgan fingerprint density at radius 3 is 2.82 bits per heavy atom. The van der Waals surface area contributed by atoms with Gasteiger partial charge in [-0.2, -0.15) is 5.10 Å². The van der Waals surface area contributed by atoms with Crippen LogP contribution in [-0.4, -0.2) is 47.2 Å². The molecule has 2 N–H and O–H groups in total. The van der Waals surface area contributed by atoms with Crippen molar-refractivity contribution in [2.75, 3.05) is 20.1 Å². The Hall–Kier alpha value is -1.36. The molecule has 0 fully saturated rings. The maximum atomic E-state index is 11.7. The number of hydrogen-bond donors (Lipinski definition) is 2. The van der Waals surface area contributed by atoms with Crippen molar-refractivity contribution in [2.45, 2.75) is 33.2 Å². The van der Waals surface area contributed by atoms with E-state index in [1.165, 1.54) is 0 Å². The van der Waals surface area contributed by atoms with Crippen molar-refractivity contribution in [3.63, 3.8) is 0 Å². The van der Waals surface area contributed by atoms with Crippen molar-refractivity contribution >= 4 is 5.91 Å². The summed E-state index contributed by atoms with van der Waals surface area (Å²) >= 11 is 0. The lowest BCUT2D eigenvalue weighted by Gasteiger charge is -2.20. The number of H-pyrrole nitrogens is 1. The predicted octanol–water partition coefficient (Wildman–Crippen LogP) is 1.18. The number of nitrogens with zero attached hydrogens (tertiary/aromatic N) is 2. The first-order valence-electron chi connectivity index (χ1n) is 6.00. The molecule has 0 saturated carbocycles. The van der Waals surface area contributed by atoms with Gasteiger partial charge in [0.1, 0.15) is 0 Å². The highest BCUT2D eigenvalue weighted by Crippen LogP contribution is 2.01. The van der Waals surface area contributed by atoms with Crippen molar-refractivity contribution < 1.29 is 4.79 Å². The molecule has 0 atom stereocenters. The molecule has 0 bridgehead atoms. The van der Waals surface area contributed by atoms with Gasteiger partial charge < -0.3 is 10.2 Å². The van der Waals surface area contributed by atoms with E-state index in [2.05, 4.69) is 41.3 Å². The highest BCUT2D eigenvalue weighted by atomic mass is 16.1. The molecule has 0 spiro atoms. The van der Waals surface area contributed by atoms with Gasteiger partial charge in [-0.3, -0.25) is 9.89 Å². The zero-order valence-corrected chi connectivity index (χ0v) is 11.1. The van der Waals surface area contributed by atoms with Gasteiger partial charge in [-0.1, -0.05) is 0 Å². The summed E-state index contributed by atoms with van der Waals surface area (Å²) in [5.41, 5.74) is 1.43. The second-order valence-electron chi connectivity index (χ2n) is 4.59. The van der Waals surface area contributed by atoms with E-state index < -0.39 is 0 Å². The average Bonchev–Trinajstić information content (AvgIpc) is 2.70. The highest BCUT2D eigenvalue weighted by Gasteiger charge is 2.09. The molecule has 0 radical (unpaired) electrons. The smallest absolute Gasteiger partial charge is 0.254 e. The molecular formula is C12H22N4O. The summed E-state index contributed by atoms with van der Waals surface area (Å²) in [7, 11) is 2.09. The van der Waals surface area contributed by atoms with E-state index in [-0.39, 0.29) is 5.91 Å². The lowest BCUT2D eigenvalue weighted by atomic mass is 10.2. The fraction of sp³-hybridized carbons (Fsp3) is 0.667. The third kappa shape index (κ3) is 4.19. The molecule has 1 aromatic heterocycles. The van der Waals surface area contributed by atoms with Crippen molar-refractivity contribution in [3.05, 3.63) is 17.5 Å². The number of amides is 1. The van der Waals surface area contributed by atoms with Crippen molar-refractivity contribution in [3.8, 4) is 0 Å². The number of rotatable bonds is 6. The third-order valence-corrected chi connectivity index (χ3v) is 2.93. The zero-order valence-electron chi connectivity index (χ0n) is 11.1. The average molecular weight is 238 g/mol. The van der Waals surface area contributed by atoms with Crippen LogP contribution < -0.4 is 5.32 Å². The van der Waals surface area contributed by atoms with Crippen LogP contribution in [-0.2, 0) is 0 Å². The van der Waals surface area contributed by atoms with Gasteiger partial charge >= 0.3 is 0 Å². The molecule has 0 aliphatic heterocycles. The molecule has 0 aliphatic rings. The Labute approximate surface area is 103 Å². The van der Waals surface area contributed by atoms with Gasteiger partial charge in [0.25, 0.3) is 5.91 Å². The van der Waals surface area contributed by atoms with Gasteiger partial charge in [0.05, 0.1) is 11.8 Å². The molecule has 0 unspecified atom stereocenters. The van der Waals surface area contributed by atoms with Crippen LogP contribution in [0.5, 0.6) is 0 Å². The molecule has 1 heterocycles. The molecule has 1 aromatic rings. The summed E-state index contributed by atoms with van der Waals surface area (Å²) in [4.78, 5) is 14.0. The van der Waals surface area contributed by atoms with Crippen LogP contribution in [0.15, 0.2) is 6.20 Å². The number of nitrogens with one attached hydrogen (secondary N) is 2. The largest absolute Gasteiger partial charge is 0.352 e. The standard InChI is InChI=1S/C12H22N4O/c1-9(2)16(4)7-5-6-13-12(17)11-8-14-15-10(11)3/h8-9H,5-7H2,1-4H3,(H,13,17)(H,14,15). The second-order valence-corrected chi connectivity index (χ2v) is 4.59. The molecule has 0 saturated heterocycles. The first-order chi connectivity index (χ1) is 8.02. The van der Waals surface area contributed by atoms with E-state index in [1.54, 1.807) is 6.20 Å². The Kier molecular flexibility index (Phi) is 5.15. The fourth-order valence-electron chi connectivity index (χ4n) is 1.46. The number of carbonyl (C=O) groups is 1. The normalized spacial score (nSPS) is 11.2. The van der Waals surface area contributed by atoms with Crippen LogP contribution in [0.3, 0.4) is 0 Å². The maximum Gasteiger partial charge on any atom is 0.254 e. The van der Waals surface area contributed by atoms with Gasteiger partial charge in [0.2, 0.25) is 0 Å². The minimum absolute atomic E-state index is 0.0524. The van der Waals surface area contributed by atoms with Crippen LogP contribution in [0.4, 0.5) is 0 Å². The van der Waals surface area contributed by atoms with E-state index in [0.29, 0.717) is 18.2 Å². The molecule has 1 rings (SSSR count). The summed E-state index contributed by atoms with van der Waals surface area (Å²) in [5, 5.41) is 9.48. The molecule has 0 aromatic carbocycles. The molecule has 17 heavy (non-hydrogen) atoms. The van der Waals surface area contributed by atoms with E-state index in [1.807, 2.05) is 6.92 Å². The summed E-state index contributed by atoms with van der Waals surface area (Å²) in [6.07, 6.45) is 2.52. The Morgan fingerprint density at radius 1 is 1.59 bits per heavy atom. The molecule has 1 amide bonds. The number of aryl methyl sites for hydroxylation is 1. The van der Waals surface area contributed by atoms with E-state index in [0.717, 1.165) is 18.7 Å². The van der Waals surface area contributed by atoms with E-state index >= 15 is 0 Å². The summed E-state index contributed by atoms with van der Waals surface area (Å²) in [5.74, 6) is -0.0524. The molecule has 96 valence electrons.